The SMILES string of the molecule is CC(C)[Si](Oc1c2c(c(OC(=O)N3CCN(C(=O)N(C)C)CC3)c3cccnc13)CN(Cc1ccc(F)cc1)C2=O)(C(C)C)C(C)C.CN(C)C(=O)N1CCN(C(=O)Oc2c3c(c(O)c4ncccc24)C(=O)N(Cc2ccc(F)cc2)C3)CC1. The number of carbonyl (C=O) groups is 6. The Morgan fingerprint density at radius 2 is 0.917 bits per heavy atom. The minimum Gasteiger partial charge on any atom is -0.541 e. The summed E-state index contributed by atoms with van der Waals surface area (Å²) in [6.07, 6.45) is 1.98. The van der Waals surface area contributed by atoms with E-state index in [0.29, 0.717) is 96.7 Å². The van der Waals surface area contributed by atoms with Crippen molar-refractivity contribution in [2.75, 3.05) is 80.5 Å². The number of aromatic nitrogens is 2. The quantitative estimate of drug-likeness (QED) is 0.121. The van der Waals surface area contributed by atoms with Gasteiger partial charge in [0, 0.05) is 128 Å². The maximum absolute atomic E-state index is 14.4. The van der Waals surface area contributed by atoms with E-state index in [1.165, 1.54) is 50.1 Å². The lowest BCUT2D eigenvalue weighted by Gasteiger charge is -2.42. The van der Waals surface area contributed by atoms with Gasteiger partial charge in [-0.2, -0.15) is 0 Å². The van der Waals surface area contributed by atoms with Crippen LogP contribution in [0.4, 0.5) is 28.0 Å². The van der Waals surface area contributed by atoms with Crippen molar-refractivity contribution in [2.45, 2.75) is 84.3 Å². The molecule has 0 bridgehead atoms. The van der Waals surface area contributed by atoms with Crippen molar-refractivity contribution in [3.05, 3.63) is 130 Å². The van der Waals surface area contributed by atoms with Gasteiger partial charge in [-0.3, -0.25) is 19.6 Å². The van der Waals surface area contributed by atoms with Gasteiger partial charge >= 0.3 is 24.2 Å². The van der Waals surface area contributed by atoms with Crippen LogP contribution in [-0.2, 0) is 26.2 Å². The first kappa shape index (κ1) is 60.0. The molecule has 0 unspecified atom stereocenters. The second-order valence-corrected chi connectivity index (χ2v) is 28.3. The maximum Gasteiger partial charge on any atom is 0.415 e. The summed E-state index contributed by atoms with van der Waals surface area (Å²) >= 11 is 0. The molecule has 2 fully saturated rings. The molecule has 0 aliphatic carbocycles. The third kappa shape index (κ3) is 11.8. The molecule has 4 aliphatic rings. The molecule has 0 spiro atoms. The fourth-order valence-corrected chi connectivity index (χ4v) is 17.2. The molecule has 1 N–H and O–H groups in total. The number of urea groups is 2. The lowest BCUT2D eigenvalue weighted by Crippen LogP contribution is -2.53. The van der Waals surface area contributed by atoms with Crippen molar-refractivity contribution in [3.8, 4) is 23.0 Å². The molecule has 4 aromatic carbocycles. The highest BCUT2D eigenvalue weighted by atomic mass is 28.4. The van der Waals surface area contributed by atoms with Crippen LogP contribution in [-0.4, -0.2) is 179 Å². The fourth-order valence-electron chi connectivity index (χ4n) is 12.0. The monoisotopic (exact) mass is 1170 g/mol. The zero-order valence-corrected chi connectivity index (χ0v) is 50.1. The summed E-state index contributed by atoms with van der Waals surface area (Å²) in [5.41, 5.74) is 4.19. The largest absolute Gasteiger partial charge is 0.541 e. The number of nitrogens with zero attached hydrogens (tertiary/aromatic N) is 10. The third-order valence-electron chi connectivity index (χ3n) is 16.2. The summed E-state index contributed by atoms with van der Waals surface area (Å²) in [7, 11) is 4.19. The standard InChI is InChI=1S/C35H46FN5O5Si.C26H26FN5O5/c1-22(2)47(23(3)4,24(5)6)46-32-29-28(21-41(33(29)42)20-25-11-13-26(36)14-12-25)31(27-10-9-15-37-30(27)32)45-35(44)40-18-16-39(17-19-40)34(43)38(7)8;1-29(2)25(35)30-10-12-31(13-11-30)26(36)37-23-18-4-3-9-28-21(18)22(33)20-19(23)15-32(24(20)34)14-16-5-7-17(27)8-6-16/h9-15,22-24H,16-21H2,1-8H3;3-9,33H,10-15H2,1-2H3. The number of carbonyl (C=O) groups excluding carboxylic acids is 6. The third-order valence-corrected chi connectivity index (χ3v) is 22.2. The van der Waals surface area contributed by atoms with Gasteiger partial charge in [-0.15, -0.1) is 0 Å². The van der Waals surface area contributed by atoms with Crippen LogP contribution >= 0.6 is 0 Å². The van der Waals surface area contributed by atoms with Gasteiger partial charge in [-0.1, -0.05) is 65.8 Å². The smallest absolute Gasteiger partial charge is 0.415 e. The van der Waals surface area contributed by atoms with Crippen LogP contribution in [0.3, 0.4) is 0 Å². The molecule has 444 valence electrons. The number of aromatic hydroxyl groups is 1. The van der Waals surface area contributed by atoms with Gasteiger partial charge in [0.25, 0.3) is 20.1 Å². The van der Waals surface area contributed by atoms with Crippen LogP contribution in [0.25, 0.3) is 21.8 Å². The van der Waals surface area contributed by atoms with Gasteiger partial charge in [0.1, 0.15) is 39.9 Å². The number of hydrogen-bond acceptors (Lipinski definition) is 12. The van der Waals surface area contributed by atoms with E-state index >= 15 is 0 Å². The van der Waals surface area contributed by atoms with Crippen LogP contribution < -0.4 is 13.9 Å². The van der Waals surface area contributed by atoms with Crippen LogP contribution in [0.15, 0.2) is 85.2 Å². The van der Waals surface area contributed by atoms with Crippen molar-refractivity contribution >= 4 is 66.2 Å². The predicted molar refractivity (Wildman–Crippen MR) is 313 cm³/mol. The Hall–Kier alpha value is -8.60. The number of hydrogen-bond donors (Lipinski definition) is 1. The molecule has 0 radical (unpaired) electrons. The van der Waals surface area contributed by atoms with Gasteiger partial charge in [0.05, 0.1) is 24.2 Å². The molecule has 20 nitrogen and oxygen atoms in total. The molecule has 10 rings (SSSR count). The molecule has 0 atom stereocenters. The number of amides is 8. The van der Waals surface area contributed by atoms with E-state index < -0.39 is 26.4 Å². The normalized spacial score (nSPS) is 15.2. The number of phenols is 1. The van der Waals surface area contributed by atoms with Gasteiger partial charge in [0.15, 0.2) is 5.75 Å². The Kier molecular flexibility index (Phi) is 17.6. The zero-order chi connectivity index (χ0) is 60.5. The predicted octanol–water partition coefficient (Wildman–Crippen LogP) is 9.92. The van der Waals surface area contributed by atoms with Gasteiger partial charge < -0.3 is 58.2 Å². The highest BCUT2D eigenvalue weighted by Gasteiger charge is 2.49. The molecular formula is C61H72F2N10O10Si. The first-order valence-corrected chi connectivity index (χ1v) is 30.3. The number of halogens is 2. The highest BCUT2D eigenvalue weighted by Crippen LogP contribution is 2.50. The minimum absolute atomic E-state index is 0.0394. The summed E-state index contributed by atoms with van der Waals surface area (Å²) in [5.74, 6) is -0.784. The molecule has 2 aromatic heterocycles. The number of ether oxygens (including phenoxy) is 2. The van der Waals surface area contributed by atoms with Crippen molar-refractivity contribution < 1.29 is 56.6 Å². The van der Waals surface area contributed by atoms with Crippen LogP contribution in [0.1, 0.15) is 84.5 Å². The second kappa shape index (κ2) is 24.7. The van der Waals surface area contributed by atoms with E-state index in [2.05, 4.69) is 46.5 Å². The molecule has 8 amide bonds. The molecule has 23 heteroatoms. The number of phenolic OH excluding ortho intramolecular Hbond substituents is 1. The lowest BCUT2D eigenvalue weighted by molar-refractivity contribution is 0.0757. The van der Waals surface area contributed by atoms with E-state index in [0.717, 1.165) is 5.56 Å². The molecule has 4 aliphatic heterocycles. The summed E-state index contributed by atoms with van der Waals surface area (Å²) in [6.45, 7) is 16.6. The molecule has 6 aromatic rings. The van der Waals surface area contributed by atoms with Gasteiger partial charge in [-0.05, 0) is 76.3 Å². The van der Waals surface area contributed by atoms with Crippen molar-refractivity contribution in [1.29, 1.82) is 0 Å². The summed E-state index contributed by atoms with van der Waals surface area (Å²) in [6, 6.07) is 18.6. The van der Waals surface area contributed by atoms with Crippen LogP contribution in [0.5, 0.6) is 23.0 Å². The molecule has 84 heavy (non-hydrogen) atoms. The fraction of sp³-hybridized carbons (Fsp3) is 0.410. The molecule has 2 saturated heterocycles. The Morgan fingerprint density at radius 1 is 0.548 bits per heavy atom. The Balaban J connectivity index is 0.000000207. The molecule has 0 saturated carbocycles. The number of benzene rings is 4. The summed E-state index contributed by atoms with van der Waals surface area (Å²) in [4.78, 5) is 101. The number of pyridine rings is 2. The average Bonchev–Trinajstić information content (AvgIpc) is 1.59. The topological polar surface area (TPSA) is 202 Å². The number of fused-ring (bicyclic) bond motifs is 4. The van der Waals surface area contributed by atoms with Crippen LogP contribution in [0, 0.1) is 11.6 Å². The number of piperazine rings is 2. The maximum atomic E-state index is 14.4. The van der Waals surface area contributed by atoms with Crippen molar-refractivity contribution in [3.63, 3.8) is 0 Å². The molecule has 6 heterocycles. The summed E-state index contributed by atoms with van der Waals surface area (Å²) in [5, 5.41) is 11.9. The van der Waals surface area contributed by atoms with E-state index in [9.17, 15) is 42.7 Å². The van der Waals surface area contributed by atoms with Crippen LogP contribution in [0.2, 0.25) is 16.6 Å². The van der Waals surface area contributed by atoms with Gasteiger partial charge in [0.2, 0.25) is 0 Å². The summed E-state index contributed by atoms with van der Waals surface area (Å²) < 4.78 is 46.4. The zero-order valence-electron chi connectivity index (χ0n) is 49.1. The first-order valence-electron chi connectivity index (χ1n) is 28.2. The van der Waals surface area contributed by atoms with Crippen molar-refractivity contribution in [1.82, 2.24) is 49.2 Å². The lowest BCUT2D eigenvalue weighted by atomic mass is 10.0. The highest BCUT2D eigenvalue weighted by molar-refractivity contribution is 6.78. The van der Waals surface area contributed by atoms with E-state index in [1.807, 2.05) is 6.07 Å². The van der Waals surface area contributed by atoms with Gasteiger partial charge in [-0.25, -0.2) is 28.0 Å². The van der Waals surface area contributed by atoms with Crippen molar-refractivity contribution in [2.24, 2.45) is 0 Å². The van der Waals surface area contributed by atoms with E-state index in [4.69, 9.17) is 18.9 Å². The molecular weight excluding hydrogens is 1100 g/mol. The second-order valence-electron chi connectivity index (χ2n) is 22.9. The van der Waals surface area contributed by atoms with E-state index in [1.54, 1.807) is 96.5 Å². The number of rotatable bonds is 11. The minimum atomic E-state index is -2.56. The first-order chi connectivity index (χ1) is 40.0. The Bertz CT molecular complexity index is 3480. The van der Waals surface area contributed by atoms with E-state index in [-0.39, 0.29) is 101 Å². The Morgan fingerprint density at radius 3 is 1.32 bits per heavy atom. The Labute approximate surface area is 488 Å². The average molecular weight is 1170 g/mol.